The Hall–Kier alpha value is -1.99. The van der Waals surface area contributed by atoms with Crippen molar-refractivity contribution in [3.05, 3.63) is 23.5 Å². The summed E-state index contributed by atoms with van der Waals surface area (Å²) in [5.74, 6) is 0.366. The second-order valence-corrected chi connectivity index (χ2v) is 8.21. The van der Waals surface area contributed by atoms with Crippen molar-refractivity contribution in [1.82, 2.24) is 19.7 Å². The number of fused-ring (bicyclic) bond motifs is 1. The summed E-state index contributed by atoms with van der Waals surface area (Å²) in [6.45, 7) is 0.183. The molecular weight excluding hydrogens is 332 g/mol. The lowest BCUT2D eigenvalue weighted by atomic mass is 9.68. The zero-order chi connectivity index (χ0) is 18.1. The van der Waals surface area contributed by atoms with Crippen LogP contribution in [0.3, 0.4) is 0 Å². The van der Waals surface area contributed by atoms with Crippen LogP contribution in [0.4, 0.5) is 0 Å². The van der Waals surface area contributed by atoms with E-state index >= 15 is 0 Å². The number of hydrogen-bond acceptors (Lipinski definition) is 5. The van der Waals surface area contributed by atoms with Crippen LogP contribution in [0.15, 0.2) is 12.3 Å². The molecule has 1 saturated heterocycles. The van der Waals surface area contributed by atoms with E-state index in [2.05, 4.69) is 5.10 Å². The van der Waals surface area contributed by atoms with Crippen molar-refractivity contribution in [2.24, 2.45) is 7.05 Å². The maximum atomic E-state index is 13.5. The lowest BCUT2D eigenvalue weighted by Crippen LogP contribution is -2.65. The SMILES string of the molecule is Cn1ncc2c(C(=O)N3C[C@@H](O)[C@@H](O)CC34CCC4)cc(C3CC3)nc21. The Kier molecular flexibility index (Phi) is 3.43. The van der Waals surface area contributed by atoms with Gasteiger partial charge in [-0.3, -0.25) is 9.48 Å². The smallest absolute Gasteiger partial charge is 0.255 e. The highest BCUT2D eigenvalue weighted by Crippen LogP contribution is 2.46. The summed E-state index contributed by atoms with van der Waals surface area (Å²) >= 11 is 0. The molecule has 2 N–H and O–H groups in total. The number of carbonyl (C=O) groups is 1. The minimum atomic E-state index is -0.890. The summed E-state index contributed by atoms with van der Waals surface area (Å²) < 4.78 is 1.71. The predicted molar refractivity (Wildman–Crippen MR) is 94.7 cm³/mol. The van der Waals surface area contributed by atoms with Gasteiger partial charge in [-0.1, -0.05) is 0 Å². The van der Waals surface area contributed by atoms with E-state index in [1.54, 1.807) is 10.9 Å². The van der Waals surface area contributed by atoms with E-state index in [-0.39, 0.29) is 18.0 Å². The summed E-state index contributed by atoms with van der Waals surface area (Å²) in [5, 5.41) is 25.4. The average Bonchev–Trinajstić information content (AvgIpc) is 3.38. The van der Waals surface area contributed by atoms with Crippen molar-refractivity contribution < 1.29 is 15.0 Å². The van der Waals surface area contributed by atoms with Crippen molar-refractivity contribution in [3.8, 4) is 0 Å². The van der Waals surface area contributed by atoms with Gasteiger partial charge in [0.15, 0.2) is 5.65 Å². The van der Waals surface area contributed by atoms with Gasteiger partial charge in [-0.2, -0.15) is 5.10 Å². The summed E-state index contributed by atoms with van der Waals surface area (Å²) in [5.41, 5.74) is 2.01. The van der Waals surface area contributed by atoms with Crippen molar-refractivity contribution in [3.63, 3.8) is 0 Å². The second kappa shape index (κ2) is 5.50. The Bertz CT molecular complexity index is 884. The first-order valence-electron chi connectivity index (χ1n) is 9.49. The van der Waals surface area contributed by atoms with Gasteiger partial charge in [0, 0.05) is 24.2 Å². The van der Waals surface area contributed by atoms with E-state index in [1.807, 2.05) is 18.0 Å². The minimum absolute atomic E-state index is 0.0713. The van der Waals surface area contributed by atoms with Crippen LogP contribution in [0.2, 0.25) is 0 Å². The fourth-order valence-corrected chi connectivity index (χ4v) is 4.54. The van der Waals surface area contributed by atoms with Crippen LogP contribution in [-0.4, -0.2) is 60.1 Å². The van der Waals surface area contributed by atoms with E-state index < -0.39 is 12.2 Å². The first-order valence-corrected chi connectivity index (χ1v) is 9.49. The quantitative estimate of drug-likeness (QED) is 0.847. The lowest BCUT2D eigenvalue weighted by Gasteiger charge is -2.55. The standard InChI is InChI=1S/C19H24N4O3/c1-22-17-13(9-20-22)12(7-14(21-17)11-3-4-11)18(26)23-10-16(25)15(24)8-19(23)5-2-6-19/h7,9,11,15-16,24-25H,2-6,8,10H2,1H3/t15-,16+/m0/s1. The molecule has 26 heavy (non-hydrogen) atoms. The van der Waals surface area contributed by atoms with Gasteiger partial charge in [-0.25, -0.2) is 4.98 Å². The zero-order valence-electron chi connectivity index (χ0n) is 14.9. The summed E-state index contributed by atoms with van der Waals surface area (Å²) in [6.07, 6.45) is 5.57. The van der Waals surface area contributed by atoms with Crippen LogP contribution in [-0.2, 0) is 7.05 Å². The summed E-state index contributed by atoms with van der Waals surface area (Å²) in [6, 6.07) is 1.92. The van der Waals surface area contributed by atoms with Crippen molar-refractivity contribution >= 4 is 16.9 Å². The Balaban J connectivity index is 1.59. The predicted octanol–water partition coefficient (Wildman–Crippen LogP) is 1.34. The fraction of sp³-hybridized carbons (Fsp3) is 0.632. The molecule has 2 aromatic heterocycles. The van der Waals surface area contributed by atoms with E-state index in [1.165, 1.54) is 0 Å². The fourth-order valence-electron chi connectivity index (χ4n) is 4.54. The van der Waals surface area contributed by atoms with Gasteiger partial charge < -0.3 is 15.1 Å². The molecule has 2 atom stereocenters. The molecule has 1 aliphatic heterocycles. The Morgan fingerprint density at radius 2 is 2.04 bits per heavy atom. The first-order chi connectivity index (χ1) is 12.5. The van der Waals surface area contributed by atoms with E-state index in [9.17, 15) is 15.0 Å². The van der Waals surface area contributed by atoms with E-state index in [4.69, 9.17) is 4.98 Å². The molecule has 2 aromatic rings. The normalized spacial score (nSPS) is 27.7. The number of aliphatic hydroxyl groups is 2. The number of aromatic nitrogens is 3. The molecule has 0 aromatic carbocycles. The highest BCUT2D eigenvalue weighted by atomic mass is 16.3. The summed E-state index contributed by atoms with van der Waals surface area (Å²) in [7, 11) is 1.84. The molecule has 3 heterocycles. The zero-order valence-corrected chi connectivity index (χ0v) is 14.9. The molecule has 7 nitrogen and oxygen atoms in total. The van der Waals surface area contributed by atoms with Crippen LogP contribution in [0.1, 0.15) is 60.5 Å². The molecule has 0 bridgehead atoms. The maximum Gasteiger partial charge on any atom is 0.255 e. The van der Waals surface area contributed by atoms with E-state index in [0.29, 0.717) is 17.9 Å². The molecular formula is C19H24N4O3. The Morgan fingerprint density at radius 1 is 1.27 bits per heavy atom. The number of likely N-dealkylation sites (tertiary alicyclic amines) is 1. The van der Waals surface area contributed by atoms with Crippen molar-refractivity contribution in [1.29, 1.82) is 0 Å². The average molecular weight is 356 g/mol. The molecule has 7 heteroatoms. The number of carbonyl (C=O) groups excluding carboxylic acids is 1. The molecule has 138 valence electrons. The number of amides is 1. The third kappa shape index (κ3) is 2.30. The van der Waals surface area contributed by atoms with Gasteiger partial charge >= 0.3 is 0 Å². The highest BCUT2D eigenvalue weighted by Gasteiger charge is 2.51. The molecule has 1 spiro atoms. The van der Waals surface area contributed by atoms with Gasteiger partial charge in [-0.15, -0.1) is 0 Å². The number of β-amino-alcohol motifs (C(OH)–C–C–N with tert-alkyl or cyclic N) is 1. The highest BCUT2D eigenvalue weighted by molar-refractivity contribution is 6.06. The van der Waals surface area contributed by atoms with Gasteiger partial charge in [0.2, 0.25) is 0 Å². The number of hydrogen-bond donors (Lipinski definition) is 2. The largest absolute Gasteiger partial charge is 0.390 e. The Labute approximate surface area is 151 Å². The lowest BCUT2D eigenvalue weighted by molar-refractivity contribution is -0.108. The van der Waals surface area contributed by atoms with Gasteiger partial charge in [0.05, 0.1) is 35.9 Å². The molecule has 2 aliphatic carbocycles. The second-order valence-electron chi connectivity index (χ2n) is 8.21. The number of pyridine rings is 1. The molecule has 3 aliphatic rings. The summed E-state index contributed by atoms with van der Waals surface area (Å²) in [4.78, 5) is 20.1. The van der Waals surface area contributed by atoms with Crippen LogP contribution in [0, 0.1) is 0 Å². The van der Waals surface area contributed by atoms with Crippen LogP contribution in [0.25, 0.3) is 11.0 Å². The molecule has 0 unspecified atom stereocenters. The van der Waals surface area contributed by atoms with Crippen LogP contribution >= 0.6 is 0 Å². The van der Waals surface area contributed by atoms with Gasteiger partial charge in [-0.05, 0) is 44.6 Å². The number of aliphatic hydroxyl groups excluding tert-OH is 2. The monoisotopic (exact) mass is 356 g/mol. The third-order valence-corrected chi connectivity index (χ3v) is 6.46. The third-order valence-electron chi connectivity index (χ3n) is 6.46. The molecule has 5 rings (SSSR count). The van der Waals surface area contributed by atoms with Crippen molar-refractivity contribution in [2.75, 3.05) is 6.54 Å². The van der Waals surface area contributed by atoms with E-state index in [0.717, 1.165) is 48.8 Å². The van der Waals surface area contributed by atoms with Crippen molar-refractivity contribution in [2.45, 2.75) is 62.2 Å². The number of rotatable bonds is 2. The molecule has 0 radical (unpaired) electrons. The van der Waals surface area contributed by atoms with Crippen LogP contribution < -0.4 is 0 Å². The topological polar surface area (TPSA) is 91.5 Å². The molecule has 1 amide bonds. The van der Waals surface area contributed by atoms with Gasteiger partial charge in [0.25, 0.3) is 5.91 Å². The van der Waals surface area contributed by atoms with Gasteiger partial charge in [0.1, 0.15) is 0 Å². The number of aryl methyl sites for hydroxylation is 1. The number of piperidine rings is 1. The Morgan fingerprint density at radius 3 is 2.69 bits per heavy atom. The minimum Gasteiger partial charge on any atom is -0.390 e. The first kappa shape index (κ1) is 16.2. The maximum absolute atomic E-state index is 13.5. The molecule has 2 saturated carbocycles. The van der Waals surface area contributed by atoms with Crippen LogP contribution in [0.5, 0.6) is 0 Å². The molecule has 3 fully saturated rings. The number of nitrogens with zero attached hydrogens (tertiary/aromatic N) is 4.